The first-order valence-electron chi connectivity index (χ1n) is 8.54. The monoisotopic (exact) mass is 449 g/mol. The zero-order valence-corrected chi connectivity index (χ0v) is 17.6. The summed E-state index contributed by atoms with van der Waals surface area (Å²) in [5.74, 6) is -0.169. The van der Waals surface area contributed by atoms with Gasteiger partial charge in [0.2, 0.25) is 5.91 Å². The Balaban J connectivity index is 2.05. The molecule has 0 spiro atoms. The van der Waals surface area contributed by atoms with Crippen molar-refractivity contribution in [1.82, 2.24) is 24.5 Å². The molecule has 2 aromatic rings. The van der Waals surface area contributed by atoms with Crippen LogP contribution in [0.4, 0.5) is 13.2 Å². The molecule has 0 bridgehead atoms. The second-order valence-corrected chi connectivity index (χ2v) is 7.23. The van der Waals surface area contributed by atoms with Crippen molar-refractivity contribution in [3.63, 3.8) is 0 Å². The van der Waals surface area contributed by atoms with Crippen LogP contribution in [-0.2, 0) is 30.6 Å². The van der Waals surface area contributed by atoms with Gasteiger partial charge >= 0.3 is 6.18 Å². The highest BCUT2D eigenvalue weighted by molar-refractivity contribution is 9.10. The van der Waals surface area contributed by atoms with Crippen molar-refractivity contribution in [3.8, 4) is 0 Å². The summed E-state index contributed by atoms with van der Waals surface area (Å²) < 4.78 is 41.8. The fourth-order valence-corrected chi connectivity index (χ4v) is 3.42. The number of nitrogens with zero attached hydrogens (tertiary/aromatic N) is 5. The summed E-state index contributed by atoms with van der Waals surface area (Å²) in [6.07, 6.45) is -4.48. The van der Waals surface area contributed by atoms with Gasteiger partial charge in [0.1, 0.15) is 0 Å². The van der Waals surface area contributed by atoms with Gasteiger partial charge in [-0.1, -0.05) is 0 Å². The van der Waals surface area contributed by atoms with Crippen LogP contribution in [0, 0.1) is 20.8 Å². The SMILES string of the molecule is CCn1nc(C)c(CN(C)C(=O)CCn2nc(C(F)(F)F)c(Br)c2C)c1C. The molecule has 2 aromatic heterocycles. The van der Waals surface area contributed by atoms with Crippen molar-refractivity contribution >= 4 is 21.8 Å². The predicted octanol–water partition coefficient (Wildman–Crippen LogP) is 3.85. The van der Waals surface area contributed by atoms with Crippen LogP contribution in [0.15, 0.2) is 4.47 Å². The lowest BCUT2D eigenvalue weighted by atomic mass is 10.2. The lowest BCUT2D eigenvalue weighted by Gasteiger charge is -2.18. The molecular formula is C17H23BrF3N5O. The average molecular weight is 450 g/mol. The molecule has 10 heteroatoms. The summed E-state index contributed by atoms with van der Waals surface area (Å²) in [6.45, 7) is 8.63. The number of carbonyl (C=O) groups excluding carboxylic acids is 1. The van der Waals surface area contributed by atoms with Gasteiger partial charge in [0.05, 0.1) is 22.4 Å². The van der Waals surface area contributed by atoms with Gasteiger partial charge in [-0.3, -0.25) is 14.2 Å². The summed E-state index contributed by atoms with van der Waals surface area (Å²) in [6, 6.07) is 0. The molecule has 6 nitrogen and oxygen atoms in total. The second kappa shape index (κ2) is 8.04. The van der Waals surface area contributed by atoms with Crippen LogP contribution in [0.2, 0.25) is 0 Å². The predicted molar refractivity (Wildman–Crippen MR) is 98.1 cm³/mol. The van der Waals surface area contributed by atoms with E-state index in [0.717, 1.165) is 23.5 Å². The number of hydrogen-bond acceptors (Lipinski definition) is 3. The number of aromatic nitrogens is 4. The molecule has 1 amide bonds. The van der Waals surface area contributed by atoms with Crippen molar-refractivity contribution in [2.45, 2.75) is 59.9 Å². The molecule has 0 saturated carbocycles. The Kier molecular flexibility index (Phi) is 6.39. The third-order valence-electron chi connectivity index (χ3n) is 4.59. The first kappa shape index (κ1) is 21.5. The van der Waals surface area contributed by atoms with Crippen molar-refractivity contribution in [2.24, 2.45) is 0 Å². The van der Waals surface area contributed by atoms with Crippen LogP contribution in [0.5, 0.6) is 0 Å². The minimum atomic E-state index is -4.54. The van der Waals surface area contributed by atoms with E-state index in [0.29, 0.717) is 12.2 Å². The Bertz CT molecular complexity index is 841. The fourth-order valence-electron chi connectivity index (χ4n) is 2.91. The normalized spacial score (nSPS) is 11.9. The molecule has 0 unspecified atom stereocenters. The van der Waals surface area contributed by atoms with E-state index in [4.69, 9.17) is 0 Å². The van der Waals surface area contributed by atoms with E-state index in [1.807, 2.05) is 25.5 Å². The highest BCUT2D eigenvalue weighted by Gasteiger charge is 2.37. The Morgan fingerprint density at radius 2 is 1.78 bits per heavy atom. The van der Waals surface area contributed by atoms with Gasteiger partial charge in [-0.15, -0.1) is 0 Å². The maximum absolute atomic E-state index is 12.9. The highest BCUT2D eigenvalue weighted by Crippen LogP contribution is 2.35. The largest absolute Gasteiger partial charge is 0.436 e. The molecule has 0 radical (unpaired) electrons. The van der Waals surface area contributed by atoms with E-state index >= 15 is 0 Å². The molecule has 0 N–H and O–H groups in total. The van der Waals surface area contributed by atoms with Gasteiger partial charge in [0, 0.05) is 37.8 Å². The van der Waals surface area contributed by atoms with E-state index in [1.54, 1.807) is 11.9 Å². The number of amides is 1. The van der Waals surface area contributed by atoms with E-state index in [-0.39, 0.29) is 23.3 Å². The quantitative estimate of drug-likeness (QED) is 0.672. The summed E-state index contributed by atoms with van der Waals surface area (Å²) in [7, 11) is 1.68. The van der Waals surface area contributed by atoms with E-state index in [2.05, 4.69) is 26.1 Å². The maximum Gasteiger partial charge on any atom is 0.436 e. The van der Waals surface area contributed by atoms with Crippen LogP contribution in [0.1, 0.15) is 41.7 Å². The number of aryl methyl sites for hydroxylation is 3. The van der Waals surface area contributed by atoms with Crippen LogP contribution in [0.3, 0.4) is 0 Å². The van der Waals surface area contributed by atoms with Crippen LogP contribution in [-0.4, -0.2) is 37.4 Å². The summed E-state index contributed by atoms with van der Waals surface area (Å²) in [4.78, 5) is 14.0. The molecule has 0 aromatic carbocycles. The molecule has 0 aliphatic rings. The number of carbonyl (C=O) groups is 1. The second-order valence-electron chi connectivity index (χ2n) is 6.43. The maximum atomic E-state index is 12.9. The van der Waals surface area contributed by atoms with Crippen LogP contribution in [0.25, 0.3) is 0 Å². The number of halogens is 4. The fraction of sp³-hybridized carbons (Fsp3) is 0.588. The minimum Gasteiger partial charge on any atom is -0.341 e. The Labute approximate surface area is 164 Å². The summed E-state index contributed by atoms with van der Waals surface area (Å²) >= 11 is 2.93. The molecular weight excluding hydrogens is 427 g/mol. The lowest BCUT2D eigenvalue weighted by Crippen LogP contribution is -2.28. The third-order valence-corrected chi connectivity index (χ3v) is 5.54. The third kappa shape index (κ3) is 4.53. The molecule has 0 fully saturated rings. The molecule has 150 valence electrons. The lowest BCUT2D eigenvalue weighted by molar-refractivity contribution is -0.142. The van der Waals surface area contributed by atoms with Gasteiger partial charge < -0.3 is 4.90 Å². The molecule has 0 aliphatic carbocycles. The van der Waals surface area contributed by atoms with Crippen molar-refractivity contribution in [1.29, 1.82) is 0 Å². The Morgan fingerprint density at radius 1 is 1.15 bits per heavy atom. The van der Waals surface area contributed by atoms with Gasteiger partial charge in [-0.2, -0.15) is 23.4 Å². The van der Waals surface area contributed by atoms with E-state index in [1.165, 1.54) is 11.6 Å². The van der Waals surface area contributed by atoms with Gasteiger partial charge in [0.25, 0.3) is 0 Å². The first-order valence-corrected chi connectivity index (χ1v) is 9.33. The van der Waals surface area contributed by atoms with Crippen LogP contribution < -0.4 is 0 Å². The topological polar surface area (TPSA) is 56.0 Å². The molecule has 0 aliphatic heterocycles. The zero-order valence-electron chi connectivity index (χ0n) is 16.0. The number of rotatable bonds is 6. The molecule has 2 rings (SSSR count). The van der Waals surface area contributed by atoms with Crippen molar-refractivity contribution in [2.75, 3.05) is 7.05 Å². The van der Waals surface area contributed by atoms with Gasteiger partial charge in [-0.25, -0.2) is 0 Å². The molecule has 2 heterocycles. The smallest absolute Gasteiger partial charge is 0.341 e. The summed E-state index contributed by atoms with van der Waals surface area (Å²) in [5, 5.41) is 8.03. The zero-order chi connectivity index (χ0) is 20.5. The van der Waals surface area contributed by atoms with E-state index < -0.39 is 11.9 Å². The van der Waals surface area contributed by atoms with E-state index in [9.17, 15) is 18.0 Å². The highest BCUT2D eigenvalue weighted by atomic mass is 79.9. The van der Waals surface area contributed by atoms with Gasteiger partial charge in [0.15, 0.2) is 5.69 Å². The molecule has 27 heavy (non-hydrogen) atoms. The Hall–Kier alpha value is -1.84. The Morgan fingerprint density at radius 3 is 2.26 bits per heavy atom. The average Bonchev–Trinajstić information content (AvgIpc) is 3.03. The molecule has 0 saturated heterocycles. The van der Waals surface area contributed by atoms with Crippen molar-refractivity contribution in [3.05, 3.63) is 32.8 Å². The molecule has 0 atom stereocenters. The minimum absolute atomic E-state index is 0.0583. The number of alkyl halides is 3. The van der Waals surface area contributed by atoms with Gasteiger partial charge in [-0.05, 0) is 43.6 Å². The summed E-state index contributed by atoms with van der Waals surface area (Å²) in [5.41, 5.74) is 2.24. The number of hydrogen-bond donors (Lipinski definition) is 0. The van der Waals surface area contributed by atoms with Crippen molar-refractivity contribution < 1.29 is 18.0 Å². The first-order chi connectivity index (χ1) is 12.5. The standard InChI is InChI=1S/C17H23BrF3N5O/c1-6-25-11(3)13(10(2)22-25)9-24(5)14(27)7-8-26-12(4)15(18)16(23-26)17(19,20)21/h6-9H2,1-5H3. The van der Waals surface area contributed by atoms with Crippen LogP contribution >= 0.6 is 15.9 Å².